The van der Waals surface area contributed by atoms with Crippen molar-refractivity contribution in [2.24, 2.45) is 7.05 Å². The molecular formula is C12H12N4O3. The van der Waals surface area contributed by atoms with Crippen molar-refractivity contribution in [2.75, 3.05) is 10.6 Å². The number of nitrogens with zero attached hydrogens (tertiary/aromatic N) is 2. The normalized spacial score (nSPS) is 9.95. The van der Waals surface area contributed by atoms with Crippen LogP contribution in [0.4, 0.5) is 16.2 Å². The van der Waals surface area contributed by atoms with Crippen LogP contribution in [0.3, 0.4) is 0 Å². The molecule has 0 fully saturated rings. The van der Waals surface area contributed by atoms with Gasteiger partial charge in [-0.15, -0.1) is 0 Å². The number of carboxylic acid groups (broad SMARTS) is 1. The molecule has 98 valence electrons. The van der Waals surface area contributed by atoms with E-state index in [2.05, 4.69) is 15.7 Å². The molecule has 7 heteroatoms. The number of benzene rings is 1. The molecular weight excluding hydrogens is 248 g/mol. The number of aromatic nitrogens is 2. The molecule has 19 heavy (non-hydrogen) atoms. The smallest absolute Gasteiger partial charge is 0.409 e. The molecule has 1 aromatic heterocycles. The van der Waals surface area contributed by atoms with Gasteiger partial charge in [0.1, 0.15) is 0 Å². The first-order valence-corrected chi connectivity index (χ1v) is 5.44. The van der Waals surface area contributed by atoms with Gasteiger partial charge in [0.25, 0.3) is 5.91 Å². The third-order valence-electron chi connectivity index (χ3n) is 2.36. The lowest BCUT2D eigenvalue weighted by Crippen LogP contribution is -2.11. The molecule has 0 radical (unpaired) electrons. The third kappa shape index (κ3) is 3.32. The lowest BCUT2D eigenvalue weighted by Gasteiger charge is -2.05. The summed E-state index contributed by atoms with van der Waals surface area (Å²) in [5.74, 6) is -0.271. The van der Waals surface area contributed by atoms with E-state index in [-0.39, 0.29) is 5.91 Å². The first-order chi connectivity index (χ1) is 9.04. The molecule has 0 bridgehead atoms. The summed E-state index contributed by atoms with van der Waals surface area (Å²) in [4.78, 5) is 22.2. The molecule has 2 rings (SSSR count). The van der Waals surface area contributed by atoms with Crippen LogP contribution in [-0.4, -0.2) is 26.9 Å². The third-order valence-corrected chi connectivity index (χ3v) is 2.36. The predicted octanol–water partition coefficient (Wildman–Crippen LogP) is 1.76. The van der Waals surface area contributed by atoms with E-state index in [1.807, 2.05) is 0 Å². The van der Waals surface area contributed by atoms with Crippen LogP contribution in [0.5, 0.6) is 0 Å². The summed E-state index contributed by atoms with van der Waals surface area (Å²) in [7, 11) is 1.73. The first-order valence-electron chi connectivity index (χ1n) is 5.44. The molecule has 1 heterocycles. The van der Waals surface area contributed by atoms with Crippen molar-refractivity contribution in [1.29, 1.82) is 0 Å². The zero-order valence-corrected chi connectivity index (χ0v) is 10.1. The summed E-state index contributed by atoms with van der Waals surface area (Å²) in [6.07, 6.45) is 1.94. The van der Waals surface area contributed by atoms with Crippen LogP contribution in [0, 0.1) is 0 Å². The molecule has 0 spiro atoms. The number of rotatable bonds is 3. The lowest BCUT2D eigenvalue weighted by molar-refractivity contribution is 0.102. The van der Waals surface area contributed by atoms with Crippen LogP contribution in [0.1, 0.15) is 10.4 Å². The number of carbonyl (C=O) groups excluding carboxylic acids is 1. The van der Waals surface area contributed by atoms with Crippen molar-refractivity contribution in [3.05, 3.63) is 42.2 Å². The van der Waals surface area contributed by atoms with Gasteiger partial charge in [0.15, 0.2) is 0 Å². The van der Waals surface area contributed by atoms with Gasteiger partial charge in [0.05, 0.1) is 11.8 Å². The number of aryl methyl sites for hydroxylation is 1. The highest BCUT2D eigenvalue weighted by atomic mass is 16.4. The maximum atomic E-state index is 11.8. The lowest BCUT2D eigenvalue weighted by atomic mass is 10.2. The van der Waals surface area contributed by atoms with E-state index in [1.165, 1.54) is 10.9 Å². The maximum Gasteiger partial charge on any atom is 0.409 e. The van der Waals surface area contributed by atoms with Crippen molar-refractivity contribution < 1.29 is 14.7 Å². The number of carbonyl (C=O) groups is 2. The fraction of sp³-hybridized carbons (Fsp3) is 0.0833. The van der Waals surface area contributed by atoms with Crippen molar-refractivity contribution >= 4 is 23.4 Å². The molecule has 3 N–H and O–H groups in total. The van der Waals surface area contributed by atoms with Gasteiger partial charge in [0.2, 0.25) is 0 Å². The molecule has 0 aliphatic heterocycles. The Hall–Kier alpha value is -2.83. The molecule has 2 aromatic rings. The van der Waals surface area contributed by atoms with Crippen LogP contribution >= 0.6 is 0 Å². The van der Waals surface area contributed by atoms with Crippen molar-refractivity contribution in [3.63, 3.8) is 0 Å². The summed E-state index contributed by atoms with van der Waals surface area (Å²) in [6.45, 7) is 0. The molecule has 0 aliphatic rings. The number of amides is 2. The minimum Gasteiger partial charge on any atom is -0.465 e. The quantitative estimate of drug-likeness (QED) is 0.783. The second kappa shape index (κ2) is 5.21. The van der Waals surface area contributed by atoms with E-state index in [9.17, 15) is 9.59 Å². The highest BCUT2D eigenvalue weighted by molar-refractivity contribution is 6.04. The molecule has 0 saturated heterocycles. The molecule has 0 aliphatic carbocycles. The first kappa shape index (κ1) is 12.6. The maximum absolute atomic E-state index is 11.8. The molecule has 0 unspecified atom stereocenters. The van der Waals surface area contributed by atoms with E-state index >= 15 is 0 Å². The fourth-order valence-corrected chi connectivity index (χ4v) is 1.50. The van der Waals surface area contributed by atoms with E-state index in [0.717, 1.165) is 0 Å². The largest absolute Gasteiger partial charge is 0.465 e. The fourth-order valence-electron chi connectivity index (χ4n) is 1.50. The standard InChI is InChI=1S/C12H12N4O3/c1-16-7-8(6-13-16)11(17)14-9-2-4-10(5-3-9)15-12(18)19/h2-7,15H,1H3,(H,14,17)(H,18,19). The Labute approximate surface area is 108 Å². The van der Waals surface area contributed by atoms with Gasteiger partial charge < -0.3 is 10.4 Å². The Morgan fingerprint density at radius 3 is 2.21 bits per heavy atom. The number of hydrogen-bond acceptors (Lipinski definition) is 3. The predicted molar refractivity (Wildman–Crippen MR) is 69.3 cm³/mol. The molecule has 1 aromatic carbocycles. The Morgan fingerprint density at radius 1 is 1.16 bits per heavy atom. The molecule has 2 amide bonds. The van der Waals surface area contributed by atoms with E-state index in [4.69, 9.17) is 5.11 Å². The van der Waals surface area contributed by atoms with Gasteiger partial charge in [-0.25, -0.2) is 4.79 Å². The average molecular weight is 260 g/mol. The van der Waals surface area contributed by atoms with Gasteiger partial charge in [-0.2, -0.15) is 5.10 Å². The zero-order chi connectivity index (χ0) is 13.8. The molecule has 0 saturated carbocycles. The van der Waals surface area contributed by atoms with Crippen LogP contribution in [0.15, 0.2) is 36.7 Å². The highest BCUT2D eigenvalue weighted by Crippen LogP contribution is 2.14. The van der Waals surface area contributed by atoms with E-state index < -0.39 is 6.09 Å². The Balaban J connectivity index is 2.03. The Morgan fingerprint density at radius 2 is 1.74 bits per heavy atom. The number of hydrogen-bond donors (Lipinski definition) is 3. The van der Waals surface area contributed by atoms with Crippen molar-refractivity contribution in [2.45, 2.75) is 0 Å². The van der Waals surface area contributed by atoms with E-state index in [0.29, 0.717) is 16.9 Å². The number of anilines is 2. The monoisotopic (exact) mass is 260 g/mol. The Bertz CT molecular complexity index is 604. The minimum atomic E-state index is -1.13. The van der Waals surface area contributed by atoms with Gasteiger partial charge in [-0.05, 0) is 24.3 Å². The van der Waals surface area contributed by atoms with Crippen LogP contribution in [0.2, 0.25) is 0 Å². The molecule has 0 atom stereocenters. The SMILES string of the molecule is Cn1cc(C(=O)Nc2ccc(NC(=O)O)cc2)cn1. The second-order valence-corrected chi connectivity index (χ2v) is 3.86. The Kier molecular flexibility index (Phi) is 3.46. The second-order valence-electron chi connectivity index (χ2n) is 3.86. The summed E-state index contributed by atoms with van der Waals surface area (Å²) >= 11 is 0. The van der Waals surface area contributed by atoms with Gasteiger partial charge in [-0.3, -0.25) is 14.8 Å². The summed E-state index contributed by atoms with van der Waals surface area (Å²) in [5, 5.41) is 17.3. The van der Waals surface area contributed by atoms with Crippen LogP contribution in [0.25, 0.3) is 0 Å². The summed E-state index contributed by atoms with van der Waals surface area (Å²) < 4.78 is 1.54. The zero-order valence-electron chi connectivity index (χ0n) is 10.1. The minimum absolute atomic E-state index is 0.271. The summed E-state index contributed by atoms with van der Waals surface area (Å²) in [5.41, 5.74) is 1.46. The summed E-state index contributed by atoms with van der Waals surface area (Å²) in [6, 6.07) is 6.35. The average Bonchev–Trinajstić information content (AvgIpc) is 2.78. The van der Waals surface area contributed by atoms with Crippen molar-refractivity contribution in [1.82, 2.24) is 9.78 Å². The van der Waals surface area contributed by atoms with Gasteiger partial charge >= 0.3 is 6.09 Å². The molecule has 7 nitrogen and oxygen atoms in total. The van der Waals surface area contributed by atoms with Crippen LogP contribution in [-0.2, 0) is 7.05 Å². The van der Waals surface area contributed by atoms with E-state index in [1.54, 1.807) is 37.5 Å². The van der Waals surface area contributed by atoms with Crippen molar-refractivity contribution in [3.8, 4) is 0 Å². The van der Waals surface area contributed by atoms with Gasteiger partial charge in [0, 0.05) is 24.6 Å². The number of nitrogens with one attached hydrogen (secondary N) is 2. The van der Waals surface area contributed by atoms with Gasteiger partial charge in [-0.1, -0.05) is 0 Å². The highest BCUT2D eigenvalue weighted by Gasteiger charge is 2.08. The van der Waals surface area contributed by atoms with Crippen LogP contribution < -0.4 is 10.6 Å². The topological polar surface area (TPSA) is 96.2 Å².